The number of ether oxygens (including phenoxy) is 2. The van der Waals surface area contributed by atoms with Crippen molar-refractivity contribution in [1.29, 1.82) is 0 Å². The first kappa shape index (κ1) is 22.1. The van der Waals surface area contributed by atoms with Gasteiger partial charge in [-0.25, -0.2) is 0 Å². The smallest absolute Gasteiger partial charge is 0.220 e. The van der Waals surface area contributed by atoms with Crippen molar-refractivity contribution < 1.29 is 19.0 Å². The lowest BCUT2D eigenvalue weighted by molar-refractivity contribution is -0.141. The van der Waals surface area contributed by atoms with Crippen LogP contribution in [0.15, 0.2) is 36.4 Å². The maximum absolute atomic E-state index is 10.2. The molecule has 0 saturated carbocycles. The Morgan fingerprint density at radius 1 is 1.00 bits per heavy atom. The molecule has 27 heavy (non-hydrogen) atoms. The Hall–Kier alpha value is -1.14. The normalized spacial score (nSPS) is 24.1. The Kier molecular flexibility index (Phi) is 6.62. The minimum atomic E-state index is -1.89. The van der Waals surface area contributed by atoms with Gasteiger partial charge in [0.05, 0.1) is 6.61 Å². The minimum Gasteiger partial charge on any atom is -0.461 e. The molecule has 0 aliphatic carbocycles. The third-order valence-corrected chi connectivity index (χ3v) is 10.0. The maximum Gasteiger partial charge on any atom is 0.220 e. The second-order valence-electron chi connectivity index (χ2n) is 9.88. The molecule has 0 spiro atoms. The van der Waals surface area contributed by atoms with Gasteiger partial charge in [-0.05, 0) is 47.3 Å². The Morgan fingerprint density at radius 2 is 1.59 bits per heavy atom. The maximum atomic E-state index is 10.2. The van der Waals surface area contributed by atoms with Gasteiger partial charge in [-0.3, -0.25) is 0 Å². The second-order valence-corrected chi connectivity index (χ2v) is 14.7. The first-order valence-electron chi connectivity index (χ1n) is 9.73. The molecule has 1 aromatic carbocycles. The summed E-state index contributed by atoms with van der Waals surface area (Å²) in [5.41, 5.74) is 1.36. The molecular formula is C22H36O4Si. The standard InChI is InChI=1S/C22H36O4Si/c1-21(2,3)16-9-11-17(12-10-16)25-20-14-13-18(23)19(26-20)15-24-27(7,8)22(4,5)6/h9-14,18-20,23H,15H2,1-8H3/t18-,19+,20-/m0/s1. The summed E-state index contributed by atoms with van der Waals surface area (Å²) in [6, 6.07) is 8.08. The molecule has 1 aliphatic heterocycles. The summed E-state index contributed by atoms with van der Waals surface area (Å²) in [6.45, 7) is 17.9. The predicted octanol–water partition coefficient (Wildman–Crippen LogP) is 5.03. The number of rotatable bonds is 5. The quantitative estimate of drug-likeness (QED) is 0.564. The van der Waals surface area contributed by atoms with Crippen molar-refractivity contribution in [1.82, 2.24) is 0 Å². The highest BCUT2D eigenvalue weighted by atomic mass is 28.4. The van der Waals surface area contributed by atoms with E-state index in [0.29, 0.717) is 6.61 Å². The van der Waals surface area contributed by atoms with Crippen LogP contribution >= 0.6 is 0 Å². The summed E-state index contributed by atoms with van der Waals surface area (Å²) >= 11 is 0. The van der Waals surface area contributed by atoms with Crippen LogP contribution in [0.25, 0.3) is 0 Å². The Bertz CT molecular complexity index is 638. The van der Waals surface area contributed by atoms with Crippen LogP contribution in [0.1, 0.15) is 47.1 Å². The fourth-order valence-corrected chi connectivity index (χ4v) is 3.52. The van der Waals surface area contributed by atoms with Gasteiger partial charge >= 0.3 is 0 Å². The Balaban J connectivity index is 1.97. The van der Waals surface area contributed by atoms with Crippen LogP contribution in [0.5, 0.6) is 5.75 Å². The van der Waals surface area contributed by atoms with E-state index in [4.69, 9.17) is 13.9 Å². The van der Waals surface area contributed by atoms with Crippen molar-refractivity contribution in [3.63, 3.8) is 0 Å². The SMILES string of the molecule is CC(C)(C)c1ccc(O[C@@H]2C=C[C@H](O)[C@@H](CO[Si](C)(C)C(C)(C)C)O2)cc1. The summed E-state index contributed by atoms with van der Waals surface area (Å²) in [5.74, 6) is 0.748. The van der Waals surface area contributed by atoms with E-state index in [1.165, 1.54) is 5.56 Å². The van der Waals surface area contributed by atoms with E-state index >= 15 is 0 Å². The van der Waals surface area contributed by atoms with Crippen molar-refractivity contribution in [2.24, 2.45) is 0 Å². The molecule has 5 heteroatoms. The van der Waals surface area contributed by atoms with Crippen LogP contribution in [0.3, 0.4) is 0 Å². The molecule has 1 aromatic rings. The molecule has 1 aliphatic rings. The molecule has 0 fully saturated rings. The lowest BCUT2D eigenvalue weighted by Gasteiger charge is -2.38. The average molecular weight is 393 g/mol. The fourth-order valence-electron chi connectivity index (χ4n) is 2.51. The van der Waals surface area contributed by atoms with Gasteiger partial charge in [-0.15, -0.1) is 0 Å². The molecule has 1 N–H and O–H groups in total. The summed E-state index contributed by atoms with van der Waals surface area (Å²) in [5, 5.41) is 10.4. The molecular weight excluding hydrogens is 356 g/mol. The molecule has 0 aromatic heterocycles. The van der Waals surface area contributed by atoms with E-state index in [2.05, 4.69) is 66.8 Å². The molecule has 0 unspecified atom stereocenters. The molecule has 3 atom stereocenters. The largest absolute Gasteiger partial charge is 0.461 e. The minimum absolute atomic E-state index is 0.107. The number of aliphatic hydroxyl groups is 1. The third kappa shape index (κ3) is 5.91. The van der Waals surface area contributed by atoms with E-state index in [1.54, 1.807) is 12.2 Å². The zero-order valence-corrected chi connectivity index (χ0v) is 19.1. The lowest BCUT2D eigenvalue weighted by Crippen LogP contribution is -2.47. The number of hydrogen-bond donors (Lipinski definition) is 1. The van der Waals surface area contributed by atoms with E-state index in [-0.39, 0.29) is 10.5 Å². The fraction of sp³-hybridized carbons (Fsp3) is 0.636. The molecule has 1 heterocycles. The first-order valence-corrected chi connectivity index (χ1v) is 12.6. The van der Waals surface area contributed by atoms with Crippen LogP contribution in [0.2, 0.25) is 18.1 Å². The van der Waals surface area contributed by atoms with Crippen LogP contribution in [0, 0.1) is 0 Å². The third-order valence-electron chi connectivity index (χ3n) is 5.54. The molecule has 0 amide bonds. The highest BCUT2D eigenvalue weighted by Gasteiger charge is 2.39. The predicted molar refractivity (Wildman–Crippen MR) is 113 cm³/mol. The van der Waals surface area contributed by atoms with E-state index < -0.39 is 26.8 Å². The number of benzene rings is 1. The van der Waals surface area contributed by atoms with Gasteiger partial charge in [-0.2, -0.15) is 0 Å². The van der Waals surface area contributed by atoms with E-state index in [1.807, 2.05) is 12.1 Å². The molecule has 0 saturated heterocycles. The van der Waals surface area contributed by atoms with Gasteiger partial charge in [0.1, 0.15) is 18.0 Å². The van der Waals surface area contributed by atoms with E-state index in [9.17, 15) is 5.11 Å². The highest BCUT2D eigenvalue weighted by Crippen LogP contribution is 2.37. The topological polar surface area (TPSA) is 47.9 Å². The molecule has 2 rings (SSSR count). The van der Waals surface area contributed by atoms with Gasteiger partial charge < -0.3 is 19.0 Å². The average Bonchev–Trinajstić information content (AvgIpc) is 2.54. The first-order chi connectivity index (χ1) is 12.3. The van der Waals surface area contributed by atoms with Gasteiger partial charge in [0.15, 0.2) is 8.32 Å². The highest BCUT2D eigenvalue weighted by molar-refractivity contribution is 6.74. The van der Waals surface area contributed by atoms with Crippen molar-refractivity contribution >= 4 is 8.32 Å². The zero-order chi connectivity index (χ0) is 20.5. The summed E-state index contributed by atoms with van der Waals surface area (Å²) in [6.07, 6.45) is 1.85. The van der Waals surface area contributed by atoms with Gasteiger partial charge in [0.25, 0.3) is 0 Å². The van der Waals surface area contributed by atoms with Crippen LogP contribution < -0.4 is 4.74 Å². The lowest BCUT2D eigenvalue weighted by atomic mass is 9.87. The molecule has 152 valence electrons. The van der Waals surface area contributed by atoms with Gasteiger partial charge in [0.2, 0.25) is 6.29 Å². The van der Waals surface area contributed by atoms with Crippen LogP contribution in [-0.4, -0.2) is 38.5 Å². The Morgan fingerprint density at radius 3 is 2.11 bits per heavy atom. The second kappa shape index (κ2) is 8.07. The van der Waals surface area contributed by atoms with E-state index in [0.717, 1.165) is 5.75 Å². The molecule has 0 bridgehead atoms. The van der Waals surface area contributed by atoms with Crippen LogP contribution in [-0.2, 0) is 14.6 Å². The zero-order valence-electron chi connectivity index (χ0n) is 18.1. The Labute approximate surface area is 165 Å². The van der Waals surface area contributed by atoms with Crippen molar-refractivity contribution in [2.45, 2.75) is 83.6 Å². The summed E-state index contributed by atoms with van der Waals surface area (Å²) in [4.78, 5) is 0. The van der Waals surface area contributed by atoms with Crippen molar-refractivity contribution in [3.05, 3.63) is 42.0 Å². The molecule has 0 radical (unpaired) electrons. The van der Waals surface area contributed by atoms with Crippen molar-refractivity contribution in [3.8, 4) is 5.75 Å². The van der Waals surface area contributed by atoms with Crippen molar-refractivity contribution in [2.75, 3.05) is 6.61 Å². The number of hydrogen-bond acceptors (Lipinski definition) is 4. The number of aliphatic hydroxyl groups excluding tert-OH is 1. The summed E-state index contributed by atoms with van der Waals surface area (Å²) < 4.78 is 18.1. The molecule has 4 nitrogen and oxygen atoms in total. The van der Waals surface area contributed by atoms with Gasteiger partial charge in [-0.1, -0.05) is 59.8 Å². The van der Waals surface area contributed by atoms with Gasteiger partial charge in [0, 0.05) is 0 Å². The summed E-state index contributed by atoms with van der Waals surface area (Å²) in [7, 11) is -1.89. The van der Waals surface area contributed by atoms with Crippen LogP contribution in [0.4, 0.5) is 0 Å². The monoisotopic (exact) mass is 392 g/mol.